The summed E-state index contributed by atoms with van der Waals surface area (Å²) < 4.78 is 0. The smallest absolute Gasteiger partial charge is 0.255 e. The Morgan fingerprint density at radius 1 is 1.11 bits per heavy atom. The number of aromatic nitrogens is 2. The fourth-order valence-corrected chi connectivity index (χ4v) is 5.15. The fraction of sp³-hybridized carbons (Fsp3) is 0.476. The molecule has 3 aliphatic heterocycles. The van der Waals surface area contributed by atoms with Gasteiger partial charge in [-0.05, 0) is 30.2 Å². The summed E-state index contributed by atoms with van der Waals surface area (Å²) in [6.45, 7) is 4.82. The molecule has 0 aromatic carbocycles. The van der Waals surface area contributed by atoms with E-state index in [1.54, 1.807) is 24.7 Å². The Kier molecular flexibility index (Phi) is 4.38. The molecule has 7 heteroatoms. The molecule has 0 radical (unpaired) electrons. The number of hydrogen-bond donors (Lipinski definition) is 1. The molecular weight excluding hydrogens is 354 g/mol. The molecule has 3 saturated heterocycles. The van der Waals surface area contributed by atoms with E-state index < -0.39 is 0 Å². The summed E-state index contributed by atoms with van der Waals surface area (Å²) in [5.74, 6) is 0.0411. The van der Waals surface area contributed by atoms with E-state index in [0.717, 1.165) is 26.1 Å². The van der Waals surface area contributed by atoms with Crippen LogP contribution in [0.2, 0.25) is 0 Å². The number of aliphatic hydroxyl groups is 1. The number of piperazine rings is 1. The highest BCUT2D eigenvalue weighted by atomic mass is 16.3. The third kappa shape index (κ3) is 3.09. The van der Waals surface area contributed by atoms with E-state index in [-0.39, 0.29) is 17.6 Å². The molecule has 0 aliphatic carbocycles. The Balaban J connectivity index is 1.33. The summed E-state index contributed by atoms with van der Waals surface area (Å²) >= 11 is 0. The Morgan fingerprint density at radius 2 is 1.89 bits per heavy atom. The molecule has 0 bridgehead atoms. The number of hydrogen-bond acceptors (Lipinski definition) is 6. The van der Waals surface area contributed by atoms with E-state index in [0.29, 0.717) is 31.2 Å². The lowest BCUT2D eigenvalue weighted by molar-refractivity contribution is -0.102. The van der Waals surface area contributed by atoms with Crippen LogP contribution in [-0.2, 0) is 6.54 Å². The largest absolute Gasteiger partial charge is 0.392 e. The number of aliphatic hydroxyl groups excluding tert-OH is 1. The van der Waals surface area contributed by atoms with Crippen molar-refractivity contribution in [1.82, 2.24) is 24.7 Å². The van der Waals surface area contributed by atoms with Crippen molar-refractivity contribution in [2.24, 2.45) is 0 Å². The number of amides is 1. The van der Waals surface area contributed by atoms with Crippen LogP contribution in [0.25, 0.3) is 0 Å². The average Bonchev–Trinajstić information content (AvgIpc) is 3.07. The van der Waals surface area contributed by atoms with Gasteiger partial charge in [0.1, 0.15) is 0 Å². The molecule has 2 aromatic heterocycles. The number of β-amino-alcohol motifs (C(OH)–C–C–N with tert-alkyl or cyclic N) is 1. The van der Waals surface area contributed by atoms with Crippen LogP contribution in [0.1, 0.15) is 22.3 Å². The zero-order valence-corrected chi connectivity index (χ0v) is 15.8. The van der Waals surface area contributed by atoms with Crippen molar-refractivity contribution in [3.63, 3.8) is 0 Å². The number of nitrogens with zero attached hydrogens (tertiary/aromatic N) is 5. The van der Waals surface area contributed by atoms with Crippen molar-refractivity contribution in [2.45, 2.75) is 30.7 Å². The van der Waals surface area contributed by atoms with Gasteiger partial charge in [-0.3, -0.25) is 24.6 Å². The monoisotopic (exact) mass is 379 g/mol. The lowest BCUT2D eigenvalue weighted by Crippen LogP contribution is -2.78. The maximum Gasteiger partial charge on any atom is 0.255 e. The quantitative estimate of drug-likeness (QED) is 0.843. The van der Waals surface area contributed by atoms with E-state index >= 15 is 0 Å². The molecule has 146 valence electrons. The summed E-state index contributed by atoms with van der Waals surface area (Å²) in [6, 6.07) is 8.04. The maximum atomic E-state index is 12.8. The number of likely N-dealkylation sites (tertiary alicyclic amines) is 1. The van der Waals surface area contributed by atoms with Crippen LogP contribution >= 0.6 is 0 Å². The summed E-state index contributed by atoms with van der Waals surface area (Å²) in [5.41, 5.74) is 1.77. The molecule has 5 heterocycles. The van der Waals surface area contributed by atoms with E-state index in [1.165, 1.54) is 5.56 Å². The van der Waals surface area contributed by atoms with Gasteiger partial charge in [-0.15, -0.1) is 0 Å². The van der Waals surface area contributed by atoms with Gasteiger partial charge >= 0.3 is 0 Å². The molecule has 1 spiro atoms. The van der Waals surface area contributed by atoms with Crippen molar-refractivity contribution in [3.8, 4) is 0 Å². The number of fused-ring (bicyclic) bond motifs is 2. The highest BCUT2D eigenvalue weighted by molar-refractivity contribution is 5.94. The van der Waals surface area contributed by atoms with Gasteiger partial charge in [0, 0.05) is 70.1 Å². The van der Waals surface area contributed by atoms with Crippen LogP contribution < -0.4 is 0 Å². The van der Waals surface area contributed by atoms with Crippen molar-refractivity contribution in [3.05, 3.63) is 60.2 Å². The predicted octanol–water partition coefficient (Wildman–Crippen LogP) is 0.622. The summed E-state index contributed by atoms with van der Waals surface area (Å²) in [6.07, 6.45) is 7.56. The van der Waals surface area contributed by atoms with Crippen LogP contribution in [0, 0.1) is 0 Å². The van der Waals surface area contributed by atoms with E-state index in [2.05, 4.69) is 25.8 Å². The number of carbonyl (C=O) groups is 1. The minimum absolute atomic E-state index is 0.0411. The first-order chi connectivity index (χ1) is 13.6. The van der Waals surface area contributed by atoms with Crippen molar-refractivity contribution < 1.29 is 9.90 Å². The highest BCUT2D eigenvalue weighted by Gasteiger charge is 2.57. The highest BCUT2D eigenvalue weighted by Crippen LogP contribution is 2.39. The maximum absolute atomic E-state index is 12.8. The van der Waals surface area contributed by atoms with Gasteiger partial charge in [0.25, 0.3) is 5.91 Å². The minimum atomic E-state index is -0.275. The topological polar surface area (TPSA) is 72.8 Å². The molecule has 2 aromatic rings. The van der Waals surface area contributed by atoms with E-state index in [4.69, 9.17) is 0 Å². The first-order valence-electron chi connectivity index (χ1n) is 9.88. The number of pyridine rings is 2. The molecule has 3 aliphatic rings. The summed E-state index contributed by atoms with van der Waals surface area (Å²) in [4.78, 5) is 27.9. The first kappa shape index (κ1) is 17.7. The van der Waals surface area contributed by atoms with Crippen LogP contribution in [0.3, 0.4) is 0 Å². The van der Waals surface area contributed by atoms with Crippen LogP contribution in [0.4, 0.5) is 0 Å². The summed E-state index contributed by atoms with van der Waals surface area (Å²) in [7, 11) is 0. The molecule has 1 N–H and O–H groups in total. The van der Waals surface area contributed by atoms with Gasteiger partial charge < -0.3 is 10.0 Å². The second kappa shape index (κ2) is 6.92. The van der Waals surface area contributed by atoms with Crippen molar-refractivity contribution >= 4 is 5.91 Å². The third-order valence-corrected chi connectivity index (χ3v) is 6.28. The first-order valence-corrected chi connectivity index (χ1v) is 9.88. The van der Waals surface area contributed by atoms with Gasteiger partial charge in [0.2, 0.25) is 0 Å². The van der Waals surface area contributed by atoms with Gasteiger partial charge in [0.15, 0.2) is 0 Å². The van der Waals surface area contributed by atoms with E-state index in [1.807, 2.05) is 23.2 Å². The fourth-order valence-electron chi connectivity index (χ4n) is 5.15. The molecule has 5 rings (SSSR count). The third-order valence-electron chi connectivity index (χ3n) is 6.28. The van der Waals surface area contributed by atoms with Gasteiger partial charge in [-0.2, -0.15) is 0 Å². The normalized spacial score (nSPS) is 26.8. The predicted molar refractivity (Wildman–Crippen MR) is 104 cm³/mol. The molecule has 28 heavy (non-hydrogen) atoms. The average molecular weight is 379 g/mol. The number of rotatable bonds is 3. The second-order valence-electron chi connectivity index (χ2n) is 8.35. The molecule has 3 fully saturated rings. The lowest BCUT2D eigenvalue weighted by atomic mass is 9.83. The van der Waals surface area contributed by atoms with E-state index in [9.17, 15) is 9.90 Å². The van der Waals surface area contributed by atoms with Crippen LogP contribution in [-0.4, -0.2) is 86.1 Å². The zero-order valence-electron chi connectivity index (χ0n) is 15.8. The SMILES string of the molecule is O=C(c1cccnc1)N1CC2(CN(Cc3cccnc3)C[C@H]3C[C@@H](O)CN32)C1. The molecule has 0 saturated carbocycles. The van der Waals surface area contributed by atoms with Crippen LogP contribution in [0.15, 0.2) is 49.1 Å². The van der Waals surface area contributed by atoms with Gasteiger partial charge in [-0.25, -0.2) is 0 Å². The second-order valence-corrected chi connectivity index (χ2v) is 8.35. The van der Waals surface area contributed by atoms with Crippen molar-refractivity contribution in [2.75, 3.05) is 32.7 Å². The molecular formula is C21H25N5O2. The Hall–Kier alpha value is -2.35. The minimum Gasteiger partial charge on any atom is -0.392 e. The Labute approximate surface area is 164 Å². The molecule has 7 nitrogen and oxygen atoms in total. The lowest BCUT2D eigenvalue weighted by Gasteiger charge is -2.61. The Morgan fingerprint density at radius 3 is 2.61 bits per heavy atom. The molecule has 2 atom stereocenters. The molecule has 1 amide bonds. The van der Waals surface area contributed by atoms with Crippen LogP contribution in [0.5, 0.6) is 0 Å². The standard InChI is InChI=1S/C21H25N5O2/c27-19-7-18-11-24(10-16-3-1-5-22-8-16)13-21(26(18)12-19)14-25(15-21)20(28)17-4-2-6-23-9-17/h1-6,8-9,18-19,27H,7,10-15H2/t18-,19-/m1/s1. The van der Waals surface area contributed by atoms with Crippen molar-refractivity contribution in [1.29, 1.82) is 0 Å². The van der Waals surface area contributed by atoms with Gasteiger partial charge in [0.05, 0.1) is 17.2 Å². The summed E-state index contributed by atoms with van der Waals surface area (Å²) in [5, 5.41) is 10.3. The Bertz CT molecular complexity index is 840. The number of carbonyl (C=O) groups excluding carboxylic acids is 1. The zero-order chi connectivity index (χ0) is 19.1. The molecule has 0 unspecified atom stereocenters. The van der Waals surface area contributed by atoms with Gasteiger partial charge in [-0.1, -0.05) is 6.07 Å².